The number of nitrogens with zero attached hydrogens (tertiary/aromatic N) is 2. The second-order valence-electron chi connectivity index (χ2n) is 5.91. The van der Waals surface area contributed by atoms with Crippen LogP contribution in [0.5, 0.6) is 5.75 Å². The number of thiazole rings is 1. The van der Waals surface area contributed by atoms with Crippen molar-refractivity contribution in [1.29, 1.82) is 0 Å². The molecule has 1 aromatic carbocycles. The zero-order valence-corrected chi connectivity index (χ0v) is 13.7. The van der Waals surface area contributed by atoms with Crippen LogP contribution >= 0.6 is 11.3 Å². The van der Waals surface area contributed by atoms with E-state index < -0.39 is 0 Å². The minimum Gasteiger partial charge on any atom is -0.496 e. The third-order valence-corrected chi connectivity index (χ3v) is 5.27. The Morgan fingerprint density at radius 1 is 1.30 bits per heavy atom. The molecule has 2 atom stereocenters. The van der Waals surface area contributed by atoms with E-state index in [4.69, 9.17) is 9.47 Å². The van der Waals surface area contributed by atoms with E-state index in [-0.39, 0.29) is 18.1 Å². The molecule has 5 nitrogen and oxygen atoms in total. The maximum atomic E-state index is 12.7. The summed E-state index contributed by atoms with van der Waals surface area (Å²) < 4.78 is 11.2. The standard InChI is InChI=1S/C17H18N2O3S/c1-21-15-5-3-2-4-13(15)16-18-14(10-23-16)17(20)19-8-11-6-7-12(9-19)22-11/h2-5,10-12H,6-9H2,1H3. The van der Waals surface area contributed by atoms with Crippen LogP contribution in [0.1, 0.15) is 23.3 Å². The number of methoxy groups -OCH3 is 1. The first-order valence-electron chi connectivity index (χ1n) is 7.78. The van der Waals surface area contributed by atoms with Crippen LogP contribution in [0, 0.1) is 0 Å². The molecule has 2 fully saturated rings. The van der Waals surface area contributed by atoms with Gasteiger partial charge in [-0.15, -0.1) is 11.3 Å². The molecule has 2 saturated heterocycles. The predicted molar refractivity (Wildman–Crippen MR) is 87.9 cm³/mol. The summed E-state index contributed by atoms with van der Waals surface area (Å²) in [5.41, 5.74) is 1.43. The number of hydrogen-bond acceptors (Lipinski definition) is 5. The number of rotatable bonds is 3. The molecule has 2 unspecified atom stereocenters. The zero-order chi connectivity index (χ0) is 15.8. The average molecular weight is 330 g/mol. The largest absolute Gasteiger partial charge is 0.496 e. The van der Waals surface area contributed by atoms with Crippen LogP contribution in [0.25, 0.3) is 10.6 Å². The summed E-state index contributed by atoms with van der Waals surface area (Å²) in [5.74, 6) is 0.771. The lowest BCUT2D eigenvalue weighted by Gasteiger charge is -2.31. The molecule has 1 aromatic heterocycles. The second-order valence-corrected chi connectivity index (χ2v) is 6.76. The van der Waals surface area contributed by atoms with Crippen molar-refractivity contribution in [1.82, 2.24) is 9.88 Å². The highest BCUT2D eigenvalue weighted by Crippen LogP contribution is 2.33. The van der Waals surface area contributed by atoms with Crippen LogP contribution in [0.3, 0.4) is 0 Å². The number of likely N-dealkylation sites (tertiary alicyclic amines) is 1. The molecule has 6 heteroatoms. The van der Waals surface area contributed by atoms with E-state index >= 15 is 0 Å². The Morgan fingerprint density at radius 2 is 2.04 bits per heavy atom. The number of fused-ring (bicyclic) bond motifs is 2. The van der Waals surface area contributed by atoms with Gasteiger partial charge in [-0.1, -0.05) is 12.1 Å². The van der Waals surface area contributed by atoms with Crippen LogP contribution in [-0.4, -0.2) is 48.2 Å². The predicted octanol–water partition coefficient (Wildman–Crippen LogP) is 2.82. The molecule has 2 aromatic rings. The number of carbonyl (C=O) groups is 1. The Bertz CT molecular complexity index is 718. The molecule has 0 spiro atoms. The first kappa shape index (κ1) is 14.7. The van der Waals surface area contributed by atoms with Gasteiger partial charge in [0, 0.05) is 18.5 Å². The summed E-state index contributed by atoms with van der Waals surface area (Å²) in [4.78, 5) is 19.1. The summed E-state index contributed by atoms with van der Waals surface area (Å²) >= 11 is 1.47. The topological polar surface area (TPSA) is 51.7 Å². The van der Waals surface area contributed by atoms with E-state index in [2.05, 4.69) is 4.98 Å². The van der Waals surface area contributed by atoms with E-state index in [9.17, 15) is 4.79 Å². The van der Waals surface area contributed by atoms with Crippen LogP contribution in [0.15, 0.2) is 29.6 Å². The van der Waals surface area contributed by atoms with Gasteiger partial charge in [0.1, 0.15) is 16.5 Å². The maximum absolute atomic E-state index is 12.7. The molecule has 3 heterocycles. The summed E-state index contributed by atoms with van der Waals surface area (Å²) in [7, 11) is 1.64. The molecule has 0 N–H and O–H groups in total. The lowest BCUT2D eigenvalue weighted by Crippen LogP contribution is -2.45. The molecular formula is C17H18N2O3S. The lowest BCUT2D eigenvalue weighted by molar-refractivity contribution is -0.0305. The van der Waals surface area contributed by atoms with Crippen molar-refractivity contribution < 1.29 is 14.3 Å². The second kappa shape index (κ2) is 5.94. The number of morpholine rings is 1. The Labute approximate surface area is 138 Å². The quantitative estimate of drug-likeness (QED) is 0.868. The first-order chi connectivity index (χ1) is 11.2. The summed E-state index contributed by atoms with van der Waals surface area (Å²) in [6.45, 7) is 1.35. The number of benzene rings is 1. The van der Waals surface area contributed by atoms with Gasteiger partial charge in [-0.25, -0.2) is 4.98 Å². The van der Waals surface area contributed by atoms with Crippen molar-refractivity contribution in [2.75, 3.05) is 20.2 Å². The first-order valence-corrected chi connectivity index (χ1v) is 8.66. The highest BCUT2D eigenvalue weighted by Gasteiger charge is 2.36. The smallest absolute Gasteiger partial charge is 0.273 e. The number of amides is 1. The Morgan fingerprint density at radius 3 is 2.78 bits per heavy atom. The lowest BCUT2D eigenvalue weighted by atomic mass is 10.2. The third kappa shape index (κ3) is 2.72. The molecular weight excluding hydrogens is 312 g/mol. The molecule has 1 amide bonds. The van der Waals surface area contributed by atoms with Gasteiger partial charge in [0.25, 0.3) is 5.91 Å². The van der Waals surface area contributed by atoms with E-state index in [0.717, 1.165) is 29.2 Å². The molecule has 2 aliphatic heterocycles. The number of para-hydroxylation sites is 1. The van der Waals surface area contributed by atoms with E-state index in [1.807, 2.05) is 34.5 Å². The molecule has 2 aliphatic rings. The Balaban J connectivity index is 1.57. The fourth-order valence-electron chi connectivity index (χ4n) is 3.26. The van der Waals surface area contributed by atoms with Crippen molar-refractivity contribution >= 4 is 17.2 Å². The fourth-order valence-corrected chi connectivity index (χ4v) is 4.08. The average Bonchev–Trinajstić information content (AvgIpc) is 3.20. The van der Waals surface area contributed by atoms with Crippen molar-refractivity contribution in [3.8, 4) is 16.3 Å². The van der Waals surface area contributed by atoms with Gasteiger partial charge >= 0.3 is 0 Å². The van der Waals surface area contributed by atoms with Crippen LogP contribution < -0.4 is 4.74 Å². The SMILES string of the molecule is COc1ccccc1-c1nc(C(=O)N2CC3CCC(C2)O3)cs1. The molecule has 0 saturated carbocycles. The van der Waals surface area contributed by atoms with Gasteiger partial charge < -0.3 is 14.4 Å². The highest BCUT2D eigenvalue weighted by molar-refractivity contribution is 7.13. The van der Waals surface area contributed by atoms with Gasteiger partial charge in [0.05, 0.1) is 24.9 Å². The monoisotopic (exact) mass is 330 g/mol. The number of hydrogen-bond donors (Lipinski definition) is 0. The van der Waals surface area contributed by atoms with Crippen molar-refractivity contribution in [3.63, 3.8) is 0 Å². The molecule has 120 valence electrons. The Kier molecular flexibility index (Phi) is 3.79. The van der Waals surface area contributed by atoms with E-state index in [0.29, 0.717) is 18.8 Å². The van der Waals surface area contributed by atoms with Crippen LogP contribution in [-0.2, 0) is 4.74 Å². The van der Waals surface area contributed by atoms with Crippen molar-refractivity contribution in [3.05, 3.63) is 35.3 Å². The van der Waals surface area contributed by atoms with Crippen LogP contribution in [0.4, 0.5) is 0 Å². The summed E-state index contributed by atoms with van der Waals surface area (Å²) in [6, 6.07) is 7.73. The molecule has 2 bridgehead atoms. The normalized spacial score (nSPS) is 23.1. The van der Waals surface area contributed by atoms with Gasteiger partial charge in [-0.2, -0.15) is 0 Å². The molecule has 0 aliphatic carbocycles. The number of aromatic nitrogens is 1. The highest BCUT2D eigenvalue weighted by atomic mass is 32.1. The van der Waals surface area contributed by atoms with E-state index in [1.54, 1.807) is 7.11 Å². The molecule has 4 rings (SSSR count). The Hall–Kier alpha value is -1.92. The zero-order valence-electron chi connectivity index (χ0n) is 12.9. The van der Waals surface area contributed by atoms with Gasteiger partial charge in [-0.05, 0) is 25.0 Å². The third-order valence-electron chi connectivity index (χ3n) is 4.39. The van der Waals surface area contributed by atoms with Gasteiger partial charge in [-0.3, -0.25) is 4.79 Å². The van der Waals surface area contributed by atoms with Crippen LogP contribution in [0.2, 0.25) is 0 Å². The van der Waals surface area contributed by atoms with Crippen molar-refractivity contribution in [2.24, 2.45) is 0 Å². The minimum atomic E-state index is 0.00241. The van der Waals surface area contributed by atoms with E-state index in [1.165, 1.54) is 11.3 Å². The van der Waals surface area contributed by atoms with Crippen molar-refractivity contribution in [2.45, 2.75) is 25.0 Å². The van der Waals surface area contributed by atoms with Gasteiger partial charge in [0.15, 0.2) is 0 Å². The fraction of sp³-hybridized carbons (Fsp3) is 0.412. The minimum absolute atomic E-state index is 0.00241. The summed E-state index contributed by atoms with van der Waals surface area (Å²) in [5, 5.41) is 2.64. The summed E-state index contributed by atoms with van der Waals surface area (Å²) in [6.07, 6.45) is 2.51. The number of ether oxygens (including phenoxy) is 2. The van der Waals surface area contributed by atoms with Gasteiger partial charge in [0.2, 0.25) is 0 Å². The number of carbonyl (C=O) groups excluding carboxylic acids is 1. The molecule has 23 heavy (non-hydrogen) atoms. The maximum Gasteiger partial charge on any atom is 0.273 e. The molecule has 0 radical (unpaired) electrons.